The highest BCUT2D eigenvalue weighted by molar-refractivity contribution is 6.43. The molecule has 0 aliphatic carbocycles. The summed E-state index contributed by atoms with van der Waals surface area (Å²) in [6.07, 6.45) is 4.86. The fraction of sp³-hybridized carbons (Fsp3) is 0.0588. The average Bonchev–Trinajstić information content (AvgIpc) is 2.64. The Labute approximate surface area is 154 Å². The Hall–Kier alpha value is -2.70. The average molecular weight is 374 g/mol. The highest BCUT2D eigenvalue weighted by Gasteiger charge is 2.10. The molecule has 6 nitrogen and oxygen atoms in total. The number of rotatable bonds is 5. The van der Waals surface area contributed by atoms with Crippen molar-refractivity contribution in [3.8, 4) is 0 Å². The van der Waals surface area contributed by atoms with Gasteiger partial charge in [-0.3, -0.25) is 9.78 Å². The Morgan fingerprint density at radius 1 is 1.08 bits per heavy atom. The zero-order valence-electron chi connectivity index (χ0n) is 12.9. The van der Waals surface area contributed by atoms with Gasteiger partial charge in [-0.2, -0.15) is 0 Å². The zero-order valence-corrected chi connectivity index (χ0v) is 14.4. The summed E-state index contributed by atoms with van der Waals surface area (Å²) in [6, 6.07) is 10.4. The monoisotopic (exact) mass is 373 g/mol. The van der Waals surface area contributed by atoms with Crippen molar-refractivity contribution in [2.75, 3.05) is 5.32 Å². The topological polar surface area (TPSA) is 79.8 Å². The number of benzene rings is 1. The van der Waals surface area contributed by atoms with Crippen LogP contribution in [0.25, 0.3) is 0 Å². The second kappa shape index (κ2) is 7.92. The lowest BCUT2D eigenvalue weighted by molar-refractivity contribution is 0.0946. The molecule has 2 heterocycles. The van der Waals surface area contributed by atoms with E-state index in [0.717, 1.165) is 5.56 Å². The lowest BCUT2D eigenvalue weighted by atomic mass is 10.3. The molecule has 0 saturated heterocycles. The summed E-state index contributed by atoms with van der Waals surface area (Å²) in [5.41, 5.74) is 1.69. The standard InChI is InChI=1S/C17H13Cl2N5O/c18-12-4-1-5-13(15(12)19)23-17-21-8-6-14(24-17)16(25)22-10-11-3-2-7-20-9-11/h1-9H,10H2,(H,22,25)(H,21,23,24). The summed E-state index contributed by atoms with van der Waals surface area (Å²) >= 11 is 12.1. The van der Waals surface area contributed by atoms with Crippen LogP contribution in [0.2, 0.25) is 10.0 Å². The Bertz CT molecular complexity index is 889. The van der Waals surface area contributed by atoms with E-state index in [-0.39, 0.29) is 17.5 Å². The molecule has 8 heteroatoms. The first-order valence-electron chi connectivity index (χ1n) is 7.34. The maximum absolute atomic E-state index is 12.2. The first-order chi connectivity index (χ1) is 12.1. The number of aromatic nitrogens is 3. The number of anilines is 2. The maximum Gasteiger partial charge on any atom is 0.270 e. The number of nitrogens with one attached hydrogen (secondary N) is 2. The van der Waals surface area contributed by atoms with Gasteiger partial charge >= 0.3 is 0 Å². The summed E-state index contributed by atoms with van der Waals surface area (Å²) in [4.78, 5) is 24.5. The van der Waals surface area contributed by atoms with E-state index in [9.17, 15) is 4.79 Å². The Balaban J connectivity index is 1.70. The van der Waals surface area contributed by atoms with Gasteiger partial charge in [0.1, 0.15) is 5.69 Å². The van der Waals surface area contributed by atoms with E-state index in [2.05, 4.69) is 25.6 Å². The molecule has 2 aromatic heterocycles. The number of halogens is 2. The van der Waals surface area contributed by atoms with Gasteiger partial charge in [0.15, 0.2) is 0 Å². The van der Waals surface area contributed by atoms with Crippen molar-refractivity contribution in [3.05, 3.63) is 76.3 Å². The number of carbonyl (C=O) groups is 1. The molecule has 3 aromatic rings. The van der Waals surface area contributed by atoms with Crippen LogP contribution in [0.15, 0.2) is 55.0 Å². The van der Waals surface area contributed by atoms with E-state index >= 15 is 0 Å². The quantitative estimate of drug-likeness (QED) is 0.709. The van der Waals surface area contributed by atoms with Crippen molar-refractivity contribution < 1.29 is 4.79 Å². The Morgan fingerprint density at radius 3 is 2.76 bits per heavy atom. The molecule has 126 valence electrons. The number of pyridine rings is 1. The fourth-order valence-electron chi connectivity index (χ4n) is 2.04. The van der Waals surface area contributed by atoms with E-state index in [1.165, 1.54) is 12.3 Å². The van der Waals surface area contributed by atoms with Crippen molar-refractivity contribution in [1.82, 2.24) is 20.3 Å². The molecule has 3 rings (SSSR count). The minimum Gasteiger partial charge on any atom is -0.347 e. The Kier molecular flexibility index (Phi) is 5.42. The molecule has 1 aromatic carbocycles. The van der Waals surface area contributed by atoms with Crippen LogP contribution < -0.4 is 10.6 Å². The Morgan fingerprint density at radius 2 is 1.96 bits per heavy atom. The summed E-state index contributed by atoms with van der Waals surface area (Å²) in [6.45, 7) is 0.361. The van der Waals surface area contributed by atoms with Gasteiger partial charge < -0.3 is 10.6 Å². The van der Waals surface area contributed by atoms with Crippen LogP contribution >= 0.6 is 23.2 Å². The van der Waals surface area contributed by atoms with Crippen LogP contribution in [0.4, 0.5) is 11.6 Å². The summed E-state index contributed by atoms with van der Waals surface area (Å²) in [5, 5.41) is 6.51. The van der Waals surface area contributed by atoms with Crippen LogP contribution in [-0.2, 0) is 6.54 Å². The smallest absolute Gasteiger partial charge is 0.270 e. The number of carbonyl (C=O) groups excluding carboxylic acids is 1. The zero-order chi connectivity index (χ0) is 17.6. The highest BCUT2D eigenvalue weighted by Crippen LogP contribution is 2.30. The minimum atomic E-state index is -0.313. The van der Waals surface area contributed by atoms with Gasteiger partial charge in [0.25, 0.3) is 5.91 Å². The van der Waals surface area contributed by atoms with Crippen molar-refractivity contribution in [2.45, 2.75) is 6.54 Å². The highest BCUT2D eigenvalue weighted by atomic mass is 35.5. The second-order valence-corrected chi connectivity index (χ2v) is 5.82. The van der Waals surface area contributed by atoms with Crippen LogP contribution in [0.1, 0.15) is 16.1 Å². The van der Waals surface area contributed by atoms with Gasteiger partial charge in [0, 0.05) is 25.1 Å². The lowest BCUT2D eigenvalue weighted by Gasteiger charge is -2.09. The molecule has 0 aliphatic rings. The van der Waals surface area contributed by atoms with Gasteiger partial charge in [-0.05, 0) is 29.8 Å². The molecule has 1 amide bonds. The van der Waals surface area contributed by atoms with Gasteiger partial charge in [-0.15, -0.1) is 0 Å². The van der Waals surface area contributed by atoms with Gasteiger partial charge in [-0.25, -0.2) is 9.97 Å². The second-order valence-electron chi connectivity index (χ2n) is 5.04. The normalized spacial score (nSPS) is 10.3. The van der Waals surface area contributed by atoms with Crippen molar-refractivity contribution >= 4 is 40.7 Å². The molecule has 0 aliphatic heterocycles. The fourth-order valence-corrected chi connectivity index (χ4v) is 2.39. The van der Waals surface area contributed by atoms with Crippen LogP contribution in [0.3, 0.4) is 0 Å². The molecule has 0 unspecified atom stereocenters. The molecular formula is C17H13Cl2N5O. The van der Waals surface area contributed by atoms with E-state index in [4.69, 9.17) is 23.2 Å². The van der Waals surface area contributed by atoms with E-state index in [0.29, 0.717) is 22.3 Å². The molecule has 0 fully saturated rings. The van der Waals surface area contributed by atoms with Gasteiger partial charge in [0.05, 0.1) is 15.7 Å². The first kappa shape index (κ1) is 17.1. The number of nitrogens with zero attached hydrogens (tertiary/aromatic N) is 3. The van der Waals surface area contributed by atoms with Crippen molar-refractivity contribution in [2.24, 2.45) is 0 Å². The van der Waals surface area contributed by atoms with Gasteiger partial charge in [0.2, 0.25) is 5.95 Å². The number of hydrogen-bond donors (Lipinski definition) is 2. The summed E-state index contributed by atoms with van der Waals surface area (Å²) in [7, 11) is 0. The molecular weight excluding hydrogens is 361 g/mol. The molecule has 0 radical (unpaired) electrons. The molecule has 0 bridgehead atoms. The van der Waals surface area contributed by atoms with Crippen LogP contribution in [0, 0.1) is 0 Å². The third-order valence-electron chi connectivity index (χ3n) is 3.26. The molecule has 0 spiro atoms. The van der Waals surface area contributed by atoms with Crippen molar-refractivity contribution in [3.63, 3.8) is 0 Å². The van der Waals surface area contributed by atoms with E-state index in [1.807, 2.05) is 12.1 Å². The third kappa shape index (κ3) is 4.43. The van der Waals surface area contributed by atoms with Crippen LogP contribution in [-0.4, -0.2) is 20.9 Å². The largest absolute Gasteiger partial charge is 0.347 e. The molecule has 0 atom stereocenters. The summed E-state index contributed by atoms with van der Waals surface area (Å²) < 4.78 is 0. The lowest BCUT2D eigenvalue weighted by Crippen LogP contribution is -2.24. The SMILES string of the molecule is O=C(NCc1cccnc1)c1ccnc(Nc2cccc(Cl)c2Cl)n1. The molecule has 25 heavy (non-hydrogen) atoms. The van der Waals surface area contributed by atoms with Gasteiger partial charge in [-0.1, -0.05) is 35.3 Å². The predicted molar refractivity (Wildman–Crippen MR) is 97.2 cm³/mol. The van der Waals surface area contributed by atoms with E-state index < -0.39 is 0 Å². The first-order valence-corrected chi connectivity index (χ1v) is 8.10. The maximum atomic E-state index is 12.2. The van der Waals surface area contributed by atoms with E-state index in [1.54, 1.807) is 30.6 Å². The van der Waals surface area contributed by atoms with Crippen LogP contribution in [0.5, 0.6) is 0 Å². The summed E-state index contributed by atoms with van der Waals surface area (Å²) in [5.74, 6) is -0.0651. The number of amides is 1. The minimum absolute atomic E-state index is 0.236. The number of hydrogen-bond acceptors (Lipinski definition) is 5. The predicted octanol–water partition coefficient (Wildman–Crippen LogP) is 3.85. The molecule has 2 N–H and O–H groups in total. The molecule has 0 saturated carbocycles. The van der Waals surface area contributed by atoms with Crippen molar-refractivity contribution in [1.29, 1.82) is 0 Å². The third-order valence-corrected chi connectivity index (χ3v) is 4.08.